The first-order chi connectivity index (χ1) is 8.19. The Balaban J connectivity index is 2.73. The van der Waals surface area contributed by atoms with E-state index in [1.165, 1.54) is 0 Å². The number of halogens is 1. The minimum atomic E-state index is -0.593. The molecule has 106 valence electrons. The molecule has 1 rings (SSSR count). The summed E-state index contributed by atoms with van der Waals surface area (Å²) in [6, 6.07) is 0. The van der Waals surface area contributed by atoms with Crippen LogP contribution in [0.4, 0.5) is 4.79 Å². The molecule has 0 aromatic rings. The van der Waals surface area contributed by atoms with Crippen LogP contribution in [-0.4, -0.2) is 32.8 Å². The van der Waals surface area contributed by atoms with E-state index in [4.69, 9.17) is 9.57 Å². The van der Waals surface area contributed by atoms with Crippen molar-refractivity contribution >= 4 is 28.7 Å². The number of alkyl halides is 1. The molecule has 1 heterocycles. The fourth-order valence-corrected chi connectivity index (χ4v) is 4.83. The number of carbonyl (C=O) groups excluding carboxylic acids is 1. The predicted octanol–water partition coefficient (Wildman–Crippen LogP) is 3.92. The van der Waals surface area contributed by atoms with Crippen molar-refractivity contribution in [3.63, 3.8) is 0 Å². The van der Waals surface area contributed by atoms with Gasteiger partial charge >= 0.3 is 6.16 Å². The molecule has 1 aliphatic heterocycles. The van der Waals surface area contributed by atoms with Crippen molar-refractivity contribution in [2.75, 3.05) is 6.61 Å². The largest absolute Gasteiger partial charge is 0.527 e. The molecule has 18 heavy (non-hydrogen) atoms. The van der Waals surface area contributed by atoms with Gasteiger partial charge in [-0.05, 0) is 47.0 Å². The first kappa shape index (κ1) is 16.0. The van der Waals surface area contributed by atoms with E-state index in [9.17, 15) is 4.79 Å². The van der Waals surface area contributed by atoms with Crippen LogP contribution in [0.2, 0.25) is 0 Å². The first-order valence-electron chi connectivity index (χ1n) is 6.48. The summed E-state index contributed by atoms with van der Waals surface area (Å²) in [5, 5.41) is 1.81. The van der Waals surface area contributed by atoms with Gasteiger partial charge in [0.15, 0.2) is 0 Å². The van der Waals surface area contributed by atoms with Crippen LogP contribution in [0, 0.1) is 0 Å². The smallest absolute Gasteiger partial charge is 0.433 e. The summed E-state index contributed by atoms with van der Waals surface area (Å²) < 4.78 is 5.60. The second-order valence-electron chi connectivity index (χ2n) is 6.11. The van der Waals surface area contributed by atoms with Crippen molar-refractivity contribution in [3.05, 3.63) is 0 Å². The van der Waals surface area contributed by atoms with Crippen LogP contribution in [0.15, 0.2) is 0 Å². The Morgan fingerprint density at radius 1 is 1.28 bits per heavy atom. The Kier molecular flexibility index (Phi) is 5.29. The third kappa shape index (κ3) is 3.98. The number of carbonyl (C=O) groups is 1. The van der Waals surface area contributed by atoms with Gasteiger partial charge in [-0.3, -0.25) is 0 Å². The Morgan fingerprint density at radius 3 is 2.22 bits per heavy atom. The van der Waals surface area contributed by atoms with E-state index in [-0.39, 0.29) is 11.1 Å². The van der Waals surface area contributed by atoms with Crippen LogP contribution in [0.5, 0.6) is 0 Å². The van der Waals surface area contributed by atoms with Gasteiger partial charge in [0.25, 0.3) is 0 Å². The van der Waals surface area contributed by atoms with Crippen LogP contribution >= 0.6 is 22.6 Å². The fraction of sp³-hybridized carbons (Fsp3) is 0.923. The topological polar surface area (TPSA) is 38.8 Å². The third-order valence-electron chi connectivity index (χ3n) is 3.13. The molecule has 0 bridgehead atoms. The lowest BCUT2D eigenvalue weighted by Gasteiger charge is -2.51. The number of hydrogen-bond donors (Lipinski definition) is 0. The average molecular weight is 369 g/mol. The maximum Gasteiger partial charge on any atom is 0.527 e. The summed E-state index contributed by atoms with van der Waals surface area (Å²) in [6.45, 7) is 10.8. The van der Waals surface area contributed by atoms with Gasteiger partial charge < -0.3 is 9.57 Å². The lowest BCUT2D eigenvalue weighted by atomic mass is 9.82. The van der Waals surface area contributed by atoms with E-state index in [0.29, 0.717) is 10.5 Å². The van der Waals surface area contributed by atoms with E-state index < -0.39 is 6.16 Å². The quantitative estimate of drug-likeness (QED) is 0.429. The molecule has 1 fully saturated rings. The summed E-state index contributed by atoms with van der Waals surface area (Å²) in [6.07, 6.45) is 2.21. The van der Waals surface area contributed by atoms with E-state index >= 15 is 0 Å². The summed E-state index contributed by atoms with van der Waals surface area (Å²) >= 11 is 2.48. The summed E-state index contributed by atoms with van der Waals surface area (Å²) in [7, 11) is 0. The number of ether oxygens (including phenoxy) is 1. The lowest BCUT2D eigenvalue weighted by molar-refractivity contribution is -0.249. The zero-order valence-electron chi connectivity index (χ0n) is 12.0. The Hall–Kier alpha value is -0.0400. The third-order valence-corrected chi connectivity index (χ3v) is 4.01. The number of nitrogens with zero attached hydrogens (tertiary/aromatic N) is 1. The predicted molar refractivity (Wildman–Crippen MR) is 79.8 cm³/mol. The van der Waals surface area contributed by atoms with Crippen LogP contribution in [0.25, 0.3) is 0 Å². The highest BCUT2D eigenvalue weighted by Crippen LogP contribution is 2.41. The van der Waals surface area contributed by atoms with Gasteiger partial charge in [-0.15, -0.1) is 5.06 Å². The summed E-state index contributed by atoms with van der Waals surface area (Å²) in [5.41, 5.74) is -0.336. The highest BCUT2D eigenvalue weighted by molar-refractivity contribution is 14.1. The molecule has 4 nitrogen and oxygen atoms in total. The van der Waals surface area contributed by atoms with E-state index in [1.54, 1.807) is 0 Å². The second-order valence-corrected chi connectivity index (χ2v) is 7.88. The van der Waals surface area contributed by atoms with Crippen molar-refractivity contribution in [2.24, 2.45) is 0 Å². The molecule has 0 amide bonds. The van der Waals surface area contributed by atoms with Gasteiger partial charge in [-0.1, -0.05) is 29.5 Å². The molecular weight excluding hydrogens is 345 g/mol. The zero-order chi connectivity index (χ0) is 14.0. The highest BCUT2D eigenvalue weighted by Gasteiger charge is 2.47. The maximum absolute atomic E-state index is 11.6. The molecule has 0 unspecified atom stereocenters. The van der Waals surface area contributed by atoms with Crippen molar-refractivity contribution < 1.29 is 14.4 Å². The van der Waals surface area contributed by atoms with Gasteiger partial charge in [-0.2, -0.15) is 0 Å². The number of hydrogen-bond acceptors (Lipinski definition) is 4. The molecule has 0 aromatic heterocycles. The molecule has 0 N–H and O–H groups in total. The first-order valence-corrected chi connectivity index (χ1v) is 7.73. The van der Waals surface area contributed by atoms with Gasteiger partial charge in [0.05, 0.1) is 17.7 Å². The van der Waals surface area contributed by atoms with Crippen molar-refractivity contribution in [1.82, 2.24) is 5.06 Å². The number of rotatable bonds is 3. The number of piperidine rings is 1. The van der Waals surface area contributed by atoms with Crippen molar-refractivity contribution in [2.45, 2.75) is 68.9 Å². The minimum absolute atomic E-state index is 0.168. The average Bonchev–Trinajstić information content (AvgIpc) is 2.18. The monoisotopic (exact) mass is 369 g/mol. The molecular formula is C13H24INO3. The van der Waals surface area contributed by atoms with Crippen LogP contribution in [0.3, 0.4) is 0 Å². The molecule has 0 aliphatic carbocycles. The Morgan fingerprint density at radius 2 is 1.78 bits per heavy atom. The molecule has 0 atom stereocenters. The SMILES string of the molecule is CCCOC(=O)ON1C(C)(C)CC(I)CC1(C)C. The van der Waals surface area contributed by atoms with Crippen molar-refractivity contribution in [1.29, 1.82) is 0 Å². The maximum atomic E-state index is 11.6. The van der Waals surface area contributed by atoms with Gasteiger partial charge in [-0.25, -0.2) is 4.79 Å². The second kappa shape index (κ2) is 5.94. The van der Waals surface area contributed by atoms with Gasteiger partial charge in [0.2, 0.25) is 0 Å². The van der Waals surface area contributed by atoms with E-state index in [2.05, 4.69) is 50.3 Å². The van der Waals surface area contributed by atoms with Gasteiger partial charge in [0, 0.05) is 3.92 Å². The van der Waals surface area contributed by atoms with Gasteiger partial charge in [0.1, 0.15) is 0 Å². The van der Waals surface area contributed by atoms with Crippen LogP contribution < -0.4 is 0 Å². The van der Waals surface area contributed by atoms with Crippen LogP contribution in [-0.2, 0) is 9.57 Å². The zero-order valence-corrected chi connectivity index (χ0v) is 14.1. The highest BCUT2D eigenvalue weighted by atomic mass is 127. The van der Waals surface area contributed by atoms with E-state index in [1.807, 2.05) is 12.0 Å². The van der Waals surface area contributed by atoms with E-state index in [0.717, 1.165) is 19.3 Å². The van der Waals surface area contributed by atoms with Crippen LogP contribution in [0.1, 0.15) is 53.9 Å². The molecule has 0 aromatic carbocycles. The minimum Gasteiger partial charge on any atom is -0.433 e. The molecule has 1 saturated heterocycles. The Labute approximate surface area is 123 Å². The fourth-order valence-electron chi connectivity index (χ4n) is 2.67. The molecule has 0 saturated carbocycles. The standard InChI is InChI=1S/C13H24INO3/c1-6-7-17-11(16)18-15-12(2,3)8-10(14)9-13(15,4)5/h10H,6-9H2,1-5H3. The number of hydroxylamine groups is 2. The molecule has 0 spiro atoms. The summed E-state index contributed by atoms with van der Waals surface area (Å²) in [4.78, 5) is 17.1. The van der Waals surface area contributed by atoms with Crippen molar-refractivity contribution in [3.8, 4) is 0 Å². The molecule has 5 heteroatoms. The Bertz CT molecular complexity index is 287. The normalized spacial score (nSPS) is 23.7. The lowest BCUT2D eigenvalue weighted by Crippen LogP contribution is -2.61. The molecule has 0 radical (unpaired) electrons. The molecule has 1 aliphatic rings. The summed E-state index contributed by atoms with van der Waals surface area (Å²) in [5.74, 6) is 0.